The summed E-state index contributed by atoms with van der Waals surface area (Å²) in [6.07, 6.45) is 3.39. The average molecular weight is 435 g/mol. The molecule has 1 aromatic carbocycles. The Balaban J connectivity index is 1.71. The lowest BCUT2D eigenvalue weighted by molar-refractivity contribution is -0.118. The number of hydrogen-bond donors (Lipinski definition) is 2. The number of anilines is 1. The number of para-hydroxylation sites is 1. The first-order valence-electron chi connectivity index (χ1n) is 9.42. The Morgan fingerprint density at radius 2 is 2.17 bits per heavy atom. The third-order valence-corrected chi connectivity index (χ3v) is 6.38. The van der Waals surface area contributed by atoms with Crippen molar-refractivity contribution in [2.75, 3.05) is 38.0 Å². The fourth-order valence-electron chi connectivity index (χ4n) is 3.14. The Morgan fingerprint density at radius 1 is 1.38 bits per heavy atom. The Morgan fingerprint density at radius 3 is 2.93 bits per heavy atom. The normalized spacial score (nSPS) is 14.7. The number of rotatable bonds is 8. The molecule has 2 N–H and O–H groups in total. The van der Waals surface area contributed by atoms with Crippen LogP contribution < -0.4 is 15.4 Å². The monoisotopic (exact) mass is 434 g/mol. The van der Waals surface area contributed by atoms with E-state index in [1.54, 1.807) is 36.0 Å². The van der Waals surface area contributed by atoms with E-state index in [1.165, 1.54) is 23.3 Å². The summed E-state index contributed by atoms with van der Waals surface area (Å²) in [5, 5.41) is 6.35. The maximum Gasteiger partial charge on any atom is 0.255 e. The van der Waals surface area contributed by atoms with Crippen molar-refractivity contribution in [3.63, 3.8) is 0 Å². The van der Waals surface area contributed by atoms with Gasteiger partial charge in [-0.3, -0.25) is 9.59 Å². The second kappa shape index (κ2) is 10.1. The van der Waals surface area contributed by atoms with Gasteiger partial charge >= 0.3 is 0 Å². The highest BCUT2D eigenvalue weighted by Crippen LogP contribution is 2.28. The largest absolute Gasteiger partial charge is 0.496 e. The molecule has 0 spiro atoms. The molecule has 0 saturated heterocycles. The highest BCUT2D eigenvalue weighted by molar-refractivity contribution is 7.98. The van der Waals surface area contributed by atoms with E-state index in [0.29, 0.717) is 22.9 Å². The zero-order valence-electron chi connectivity index (χ0n) is 16.9. The minimum Gasteiger partial charge on any atom is -0.496 e. The van der Waals surface area contributed by atoms with Gasteiger partial charge in [0.15, 0.2) is 5.13 Å². The van der Waals surface area contributed by atoms with Gasteiger partial charge in [-0.2, -0.15) is 11.8 Å². The van der Waals surface area contributed by atoms with E-state index in [9.17, 15) is 9.59 Å². The van der Waals surface area contributed by atoms with Crippen molar-refractivity contribution in [3.05, 3.63) is 40.4 Å². The summed E-state index contributed by atoms with van der Waals surface area (Å²) in [5.41, 5.74) is 1.46. The topological polar surface area (TPSA) is 83.6 Å². The molecule has 1 aromatic heterocycles. The first-order valence-corrected chi connectivity index (χ1v) is 11.6. The first-order chi connectivity index (χ1) is 14.0. The number of methoxy groups -OCH3 is 1. The molecule has 1 atom stereocenters. The number of fused-ring (bicyclic) bond motifs is 1. The summed E-state index contributed by atoms with van der Waals surface area (Å²) >= 11 is 3.14. The molecule has 0 unspecified atom stereocenters. The summed E-state index contributed by atoms with van der Waals surface area (Å²) < 4.78 is 5.26. The highest BCUT2D eigenvalue weighted by Gasteiger charge is 2.25. The lowest BCUT2D eigenvalue weighted by Gasteiger charge is -2.20. The van der Waals surface area contributed by atoms with Gasteiger partial charge in [-0.15, -0.1) is 11.3 Å². The van der Waals surface area contributed by atoms with Gasteiger partial charge in [-0.25, -0.2) is 4.98 Å². The predicted molar refractivity (Wildman–Crippen MR) is 118 cm³/mol. The molecule has 0 saturated carbocycles. The van der Waals surface area contributed by atoms with E-state index >= 15 is 0 Å². The maximum absolute atomic E-state index is 12.9. The minimum absolute atomic E-state index is 0.248. The Bertz CT molecular complexity index is 871. The molecular weight excluding hydrogens is 408 g/mol. The van der Waals surface area contributed by atoms with Crippen molar-refractivity contribution >= 4 is 40.0 Å². The molecule has 2 aromatic rings. The highest BCUT2D eigenvalue weighted by atomic mass is 32.2. The lowest BCUT2D eigenvalue weighted by atomic mass is 10.1. The number of carbonyl (C=O) groups is 2. The summed E-state index contributed by atoms with van der Waals surface area (Å²) in [6.45, 7) is 1.82. The summed E-state index contributed by atoms with van der Waals surface area (Å²) in [7, 11) is 3.60. The number of nitrogens with zero attached hydrogens (tertiary/aromatic N) is 2. The van der Waals surface area contributed by atoms with Crippen LogP contribution in [-0.2, 0) is 17.8 Å². The third kappa shape index (κ3) is 5.49. The van der Waals surface area contributed by atoms with Crippen LogP contribution in [0.1, 0.15) is 27.3 Å². The number of nitrogens with one attached hydrogen (secondary N) is 2. The van der Waals surface area contributed by atoms with Gasteiger partial charge in [0.2, 0.25) is 5.91 Å². The number of ether oxygens (including phenoxy) is 1. The third-order valence-electron chi connectivity index (χ3n) is 4.74. The summed E-state index contributed by atoms with van der Waals surface area (Å²) in [6, 6.07) is 6.33. The van der Waals surface area contributed by atoms with Gasteiger partial charge in [-0.05, 0) is 37.6 Å². The summed E-state index contributed by atoms with van der Waals surface area (Å²) in [4.78, 5) is 33.7. The molecule has 156 valence electrons. The van der Waals surface area contributed by atoms with E-state index in [-0.39, 0.29) is 11.8 Å². The Kier molecular flexibility index (Phi) is 7.51. The number of carbonyl (C=O) groups excluding carboxylic acids is 2. The van der Waals surface area contributed by atoms with E-state index in [4.69, 9.17) is 4.74 Å². The van der Waals surface area contributed by atoms with Crippen molar-refractivity contribution in [3.8, 4) is 5.75 Å². The van der Waals surface area contributed by atoms with Gasteiger partial charge in [-0.1, -0.05) is 12.1 Å². The summed E-state index contributed by atoms with van der Waals surface area (Å²) in [5.74, 6) is 0.653. The van der Waals surface area contributed by atoms with Crippen molar-refractivity contribution < 1.29 is 14.3 Å². The van der Waals surface area contributed by atoms with Crippen LogP contribution in [0.15, 0.2) is 24.3 Å². The molecular formula is C20H26N4O3S2. The van der Waals surface area contributed by atoms with Crippen LogP contribution in [0.2, 0.25) is 0 Å². The van der Waals surface area contributed by atoms with Gasteiger partial charge < -0.3 is 20.3 Å². The molecule has 0 radical (unpaired) electrons. The fraction of sp³-hybridized carbons (Fsp3) is 0.450. The number of thiazole rings is 1. The molecule has 0 fully saturated rings. The van der Waals surface area contributed by atoms with E-state index in [1.807, 2.05) is 6.26 Å². The van der Waals surface area contributed by atoms with Gasteiger partial charge in [0.25, 0.3) is 5.91 Å². The minimum atomic E-state index is -0.650. The van der Waals surface area contributed by atoms with Crippen molar-refractivity contribution in [1.82, 2.24) is 15.2 Å². The van der Waals surface area contributed by atoms with Crippen LogP contribution >= 0.6 is 23.1 Å². The predicted octanol–water partition coefficient (Wildman–Crippen LogP) is 2.63. The smallest absolute Gasteiger partial charge is 0.255 e. The van der Waals surface area contributed by atoms with Crippen LogP contribution in [0.25, 0.3) is 0 Å². The first kappa shape index (κ1) is 21.6. The molecule has 9 heteroatoms. The standard InChI is InChI=1S/C20H26N4O3S2/c1-24-10-8-14-17(12-24)29-20(22-14)23-19(26)15(9-11-28-3)21-18(25)13-6-4-5-7-16(13)27-2/h4-7,15H,8-12H2,1-3H3,(H,21,25)(H,22,23,26)/t15-/m0/s1. The van der Waals surface area contributed by atoms with Crippen molar-refractivity contribution in [2.24, 2.45) is 0 Å². The molecule has 1 aliphatic heterocycles. The number of benzene rings is 1. The van der Waals surface area contributed by atoms with Crippen molar-refractivity contribution in [1.29, 1.82) is 0 Å². The molecule has 2 heterocycles. The molecule has 3 rings (SSSR count). The lowest BCUT2D eigenvalue weighted by Crippen LogP contribution is -2.44. The Labute approximate surface area is 179 Å². The number of thioether (sulfide) groups is 1. The number of amides is 2. The zero-order valence-corrected chi connectivity index (χ0v) is 18.5. The molecule has 2 amide bonds. The van der Waals surface area contributed by atoms with E-state index < -0.39 is 6.04 Å². The van der Waals surface area contributed by atoms with Crippen LogP contribution in [0.5, 0.6) is 5.75 Å². The van der Waals surface area contributed by atoms with Crippen LogP contribution in [0.3, 0.4) is 0 Å². The molecule has 7 nitrogen and oxygen atoms in total. The van der Waals surface area contributed by atoms with Crippen LogP contribution in [-0.4, -0.2) is 60.5 Å². The van der Waals surface area contributed by atoms with Gasteiger partial charge in [0.05, 0.1) is 18.4 Å². The van der Waals surface area contributed by atoms with Crippen molar-refractivity contribution in [2.45, 2.75) is 25.4 Å². The zero-order chi connectivity index (χ0) is 20.8. The number of likely N-dealkylation sites (N-methyl/N-ethyl adjacent to an activating group) is 1. The molecule has 1 aliphatic rings. The second-order valence-electron chi connectivity index (χ2n) is 6.87. The van der Waals surface area contributed by atoms with Crippen LogP contribution in [0, 0.1) is 0 Å². The van der Waals surface area contributed by atoms with E-state index in [0.717, 1.165) is 31.0 Å². The fourth-order valence-corrected chi connectivity index (χ4v) is 4.70. The molecule has 0 bridgehead atoms. The molecule has 0 aliphatic carbocycles. The van der Waals surface area contributed by atoms with E-state index in [2.05, 4.69) is 27.6 Å². The van der Waals surface area contributed by atoms with Crippen LogP contribution in [0.4, 0.5) is 5.13 Å². The van der Waals surface area contributed by atoms with Gasteiger partial charge in [0, 0.05) is 24.4 Å². The molecule has 29 heavy (non-hydrogen) atoms. The number of hydrogen-bond acceptors (Lipinski definition) is 7. The SMILES string of the molecule is COc1ccccc1C(=O)N[C@@H](CCSC)C(=O)Nc1nc2c(s1)CN(C)CC2. The quantitative estimate of drug-likeness (QED) is 0.665. The average Bonchev–Trinajstić information content (AvgIpc) is 3.11. The second-order valence-corrected chi connectivity index (χ2v) is 8.94. The maximum atomic E-state index is 12.9. The number of aromatic nitrogens is 1. The Hall–Kier alpha value is -2.10. The van der Waals surface area contributed by atoms with Gasteiger partial charge in [0.1, 0.15) is 11.8 Å².